The van der Waals surface area contributed by atoms with E-state index < -0.39 is 5.82 Å². The molecular weight excluding hydrogens is 295 g/mol. The monoisotopic (exact) mass is 312 g/mol. The van der Waals surface area contributed by atoms with Gasteiger partial charge in [-0.3, -0.25) is 9.59 Å². The van der Waals surface area contributed by atoms with Crippen LogP contribution in [0.15, 0.2) is 36.4 Å². The molecule has 0 unspecified atom stereocenters. The Kier molecular flexibility index (Phi) is 3.86. The van der Waals surface area contributed by atoms with Gasteiger partial charge in [0.15, 0.2) is 0 Å². The first-order valence-electron chi connectivity index (χ1n) is 7.44. The second-order valence-electron chi connectivity index (χ2n) is 5.68. The van der Waals surface area contributed by atoms with Gasteiger partial charge in [-0.15, -0.1) is 0 Å². The Balaban J connectivity index is 1.83. The Hall–Kier alpha value is -2.69. The van der Waals surface area contributed by atoms with E-state index in [1.807, 2.05) is 12.1 Å². The van der Waals surface area contributed by atoms with E-state index in [9.17, 15) is 14.0 Å². The third-order valence-corrected chi connectivity index (χ3v) is 4.06. The summed E-state index contributed by atoms with van der Waals surface area (Å²) in [5, 5.41) is 2.79. The number of carbonyl (C=O) groups is 2. The van der Waals surface area contributed by atoms with Crippen molar-refractivity contribution in [3.63, 3.8) is 0 Å². The fraction of sp³-hybridized carbons (Fsp3) is 0.222. The largest absolute Gasteiger partial charge is 0.322 e. The van der Waals surface area contributed by atoms with Gasteiger partial charge in [-0.1, -0.05) is 6.07 Å². The number of rotatable bonds is 2. The van der Waals surface area contributed by atoms with E-state index in [2.05, 4.69) is 5.32 Å². The van der Waals surface area contributed by atoms with Gasteiger partial charge in [-0.2, -0.15) is 0 Å². The van der Waals surface area contributed by atoms with E-state index in [-0.39, 0.29) is 11.8 Å². The molecule has 0 saturated carbocycles. The minimum atomic E-state index is -0.438. The van der Waals surface area contributed by atoms with Crippen molar-refractivity contribution in [3.8, 4) is 0 Å². The highest BCUT2D eigenvalue weighted by molar-refractivity contribution is 6.05. The van der Waals surface area contributed by atoms with Crippen molar-refractivity contribution in [2.75, 3.05) is 16.8 Å². The van der Waals surface area contributed by atoms with E-state index >= 15 is 0 Å². The minimum absolute atomic E-state index is 0.0101. The fourth-order valence-corrected chi connectivity index (χ4v) is 2.84. The Labute approximate surface area is 133 Å². The topological polar surface area (TPSA) is 49.4 Å². The molecule has 3 rings (SSSR count). The molecule has 4 nitrogen and oxygen atoms in total. The number of fused-ring (bicyclic) bond motifs is 1. The van der Waals surface area contributed by atoms with Gasteiger partial charge in [0.2, 0.25) is 5.91 Å². The second-order valence-corrected chi connectivity index (χ2v) is 5.68. The summed E-state index contributed by atoms with van der Waals surface area (Å²) in [6, 6.07) is 9.60. The smallest absolute Gasteiger partial charge is 0.256 e. The quantitative estimate of drug-likeness (QED) is 0.925. The molecule has 0 bridgehead atoms. The lowest BCUT2D eigenvalue weighted by Gasteiger charge is -2.15. The van der Waals surface area contributed by atoms with Crippen molar-refractivity contribution in [2.45, 2.75) is 20.3 Å². The maximum absolute atomic E-state index is 13.3. The molecular formula is C18H17FN2O2. The molecule has 0 atom stereocenters. The number of halogens is 1. The lowest BCUT2D eigenvalue weighted by molar-refractivity contribution is -0.116. The van der Waals surface area contributed by atoms with Crippen LogP contribution in [0.3, 0.4) is 0 Å². The normalized spacial score (nSPS) is 12.9. The van der Waals surface area contributed by atoms with E-state index in [1.165, 1.54) is 19.1 Å². The molecule has 5 heteroatoms. The molecule has 1 aliphatic rings. The van der Waals surface area contributed by atoms with Gasteiger partial charge in [0.05, 0.1) is 0 Å². The zero-order valence-corrected chi connectivity index (χ0v) is 13.0. The molecule has 1 heterocycles. The summed E-state index contributed by atoms with van der Waals surface area (Å²) in [6.45, 7) is 3.96. The predicted molar refractivity (Wildman–Crippen MR) is 87.3 cm³/mol. The number of nitrogens with one attached hydrogen (secondary N) is 1. The SMILES string of the molecule is CC(=O)N1CCc2cc(NC(=O)c3cc(F)ccc3C)ccc21. The van der Waals surface area contributed by atoms with Crippen molar-refractivity contribution in [1.29, 1.82) is 0 Å². The van der Waals surface area contributed by atoms with Crippen LogP contribution in [0.4, 0.5) is 15.8 Å². The van der Waals surface area contributed by atoms with Crippen LogP contribution in [0.1, 0.15) is 28.4 Å². The van der Waals surface area contributed by atoms with Gasteiger partial charge in [0.1, 0.15) is 5.82 Å². The molecule has 2 amide bonds. The van der Waals surface area contributed by atoms with E-state index in [4.69, 9.17) is 0 Å². The number of hydrogen-bond donors (Lipinski definition) is 1. The molecule has 0 radical (unpaired) electrons. The summed E-state index contributed by atoms with van der Waals surface area (Å²) in [5.74, 6) is -0.772. The van der Waals surface area contributed by atoms with Gasteiger partial charge in [0, 0.05) is 30.4 Å². The van der Waals surface area contributed by atoms with Crippen molar-refractivity contribution >= 4 is 23.2 Å². The highest BCUT2D eigenvalue weighted by atomic mass is 19.1. The van der Waals surface area contributed by atoms with Crippen LogP contribution in [0.5, 0.6) is 0 Å². The maximum atomic E-state index is 13.3. The molecule has 0 saturated heterocycles. The molecule has 2 aromatic rings. The van der Waals surface area contributed by atoms with Gasteiger partial charge in [-0.25, -0.2) is 4.39 Å². The third kappa shape index (κ3) is 2.95. The molecule has 1 aliphatic heterocycles. The van der Waals surface area contributed by atoms with Crippen LogP contribution < -0.4 is 10.2 Å². The van der Waals surface area contributed by atoms with Crippen molar-refractivity contribution < 1.29 is 14.0 Å². The number of anilines is 2. The average Bonchev–Trinajstić information content (AvgIpc) is 2.93. The van der Waals surface area contributed by atoms with E-state index in [0.717, 1.165) is 17.7 Å². The number of carbonyl (C=O) groups excluding carboxylic acids is 2. The van der Waals surface area contributed by atoms with E-state index in [0.29, 0.717) is 23.4 Å². The molecule has 2 aromatic carbocycles. The number of benzene rings is 2. The summed E-state index contributed by atoms with van der Waals surface area (Å²) in [4.78, 5) is 25.6. The second kappa shape index (κ2) is 5.83. The maximum Gasteiger partial charge on any atom is 0.256 e. The highest BCUT2D eigenvalue weighted by Gasteiger charge is 2.22. The number of amides is 2. The van der Waals surface area contributed by atoms with E-state index in [1.54, 1.807) is 24.0 Å². The fourth-order valence-electron chi connectivity index (χ4n) is 2.84. The summed E-state index contributed by atoms with van der Waals surface area (Å²) in [7, 11) is 0. The first kappa shape index (κ1) is 15.2. The molecule has 1 N–H and O–H groups in total. The van der Waals surface area contributed by atoms with Gasteiger partial charge in [-0.05, 0) is 54.8 Å². The van der Waals surface area contributed by atoms with Crippen LogP contribution in [-0.4, -0.2) is 18.4 Å². The molecule has 0 spiro atoms. The van der Waals surface area contributed by atoms with Crippen molar-refractivity contribution in [2.24, 2.45) is 0 Å². The number of nitrogens with zero attached hydrogens (tertiary/aromatic N) is 1. The summed E-state index contributed by atoms with van der Waals surface area (Å²) >= 11 is 0. The zero-order valence-electron chi connectivity index (χ0n) is 13.0. The minimum Gasteiger partial charge on any atom is -0.322 e. The van der Waals surface area contributed by atoms with Crippen molar-refractivity contribution in [1.82, 2.24) is 0 Å². The molecule has 23 heavy (non-hydrogen) atoms. The molecule has 0 aliphatic carbocycles. The summed E-state index contributed by atoms with van der Waals surface area (Å²) in [5.41, 5.74) is 3.58. The third-order valence-electron chi connectivity index (χ3n) is 4.06. The first-order chi connectivity index (χ1) is 11.0. The van der Waals surface area contributed by atoms with Gasteiger partial charge < -0.3 is 10.2 Å². The van der Waals surface area contributed by atoms with Crippen LogP contribution in [-0.2, 0) is 11.2 Å². The molecule has 118 valence electrons. The Morgan fingerprint density at radius 3 is 2.70 bits per heavy atom. The predicted octanol–water partition coefficient (Wildman–Crippen LogP) is 3.30. The number of hydrogen-bond acceptors (Lipinski definition) is 2. The standard InChI is InChI=1S/C18H17FN2O2/c1-11-3-4-14(19)10-16(11)18(23)20-15-5-6-17-13(9-15)7-8-21(17)12(2)22/h3-6,9-10H,7-8H2,1-2H3,(H,20,23). The van der Waals surface area contributed by atoms with Crippen LogP contribution in [0.25, 0.3) is 0 Å². The molecule has 0 aromatic heterocycles. The van der Waals surface area contributed by atoms with Crippen LogP contribution in [0.2, 0.25) is 0 Å². The summed E-state index contributed by atoms with van der Waals surface area (Å²) < 4.78 is 13.3. The average molecular weight is 312 g/mol. The Morgan fingerprint density at radius 1 is 1.17 bits per heavy atom. The highest BCUT2D eigenvalue weighted by Crippen LogP contribution is 2.30. The number of aryl methyl sites for hydroxylation is 1. The lowest BCUT2D eigenvalue weighted by atomic mass is 10.1. The lowest BCUT2D eigenvalue weighted by Crippen LogP contribution is -2.25. The Bertz CT molecular complexity index is 802. The zero-order chi connectivity index (χ0) is 16.6. The molecule has 0 fully saturated rings. The Morgan fingerprint density at radius 2 is 1.96 bits per heavy atom. The summed E-state index contributed by atoms with van der Waals surface area (Å²) in [6.07, 6.45) is 0.762. The van der Waals surface area contributed by atoms with Gasteiger partial charge >= 0.3 is 0 Å². The van der Waals surface area contributed by atoms with Crippen LogP contribution >= 0.6 is 0 Å². The van der Waals surface area contributed by atoms with Gasteiger partial charge in [0.25, 0.3) is 5.91 Å². The van der Waals surface area contributed by atoms with Crippen LogP contribution in [0, 0.1) is 12.7 Å². The first-order valence-corrected chi connectivity index (χ1v) is 7.44. The van der Waals surface area contributed by atoms with Crippen molar-refractivity contribution in [3.05, 3.63) is 58.9 Å².